The van der Waals surface area contributed by atoms with Gasteiger partial charge in [0.25, 0.3) is 5.91 Å². The zero-order valence-electron chi connectivity index (χ0n) is 19.2. The van der Waals surface area contributed by atoms with Crippen molar-refractivity contribution in [2.45, 2.75) is 24.5 Å². The van der Waals surface area contributed by atoms with E-state index in [0.717, 1.165) is 0 Å². The Labute approximate surface area is 211 Å². The molecule has 11 nitrogen and oxygen atoms in total. The van der Waals surface area contributed by atoms with Crippen LogP contribution in [0.1, 0.15) is 28.8 Å². The summed E-state index contributed by atoms with van der Waals surface area (Å²) in [6.07, 6.45) is -0.647. The van der Waals surface area contributed by atoms with Gasteiger partial charge in [-0.15, -0.1) is 0 Å². The molecule has 188 valence electrons. The van der Waals surface area contributed by atoms with Gasteiger partial charge in [-0.1, -0.05) is 11.6 Å². The fraction of sp³-hybridized carbons (Fsp3) is 0.292. The number of anilines is 2. The lowest BCUT2D eigenvalue weighted by atomic mass is 9.90. The number of rotatable bonds is 6. The van der Waals surface area contributed by atoms with Gasteiger partial charge in [0.05, 0.1) is 19.3 Å². The lowest BCUT2D eigenvalue weighted by molar-refractivity contribution is -0.134. The summed E-state index contributed by atoms with van der Waals surface area (Å²) >= 11 is 6.16. The van der Waals surface area contributed by atoms with Crippen LogP contribution >= 0.6 is 11.6 Å². The number of hydrogen-bond acceptors (Lipinski definition) is 7. The average Bonchev–Trinajstić information content (AvgIpc) is 3.28. The Morgan fingerprint density at radius 2 is 2.00 bits per heavy atom. The van der Waals surface area contributed by atoms with Crippen LogP contribution in [0.4, 0.5) is 21.0 Å². The predicted octanol–water partition coefficient (Wildman–Crippen LogP) is 2.90. The van der Waals surface area contributed by atoms with E-state index in [1.165, 1.54) is 36.3 Å². The topological polar surface area (TPSA) is 143 Å². The van der Waals surface area contributed by atoms with Crippen molar-refractivity contribution in [2.75, 3.05) is 30.8 Å². The average molecular weight is 515 g/mol. The highest BCUT2D eigenvalue weighted by molar-refractivity contribution is 6.30. The Bertz CT molecular complexity index is 1220. The Morgan fingerprint density at radius 1 is 1.25 bits per heavy atom. The number of halogens is 1. The van der Waals surface area contributed by atoms with E-state index >= 15 is 0 Å². The number of ether oxygens (including phenoxy) is 2. The number of amides is 4. The van der Waals surface area contributed by atoms with Gasteiger partial charge in [-0.25, -0.2) is 9.59 Å². The zero-order chi connectivity index (χ0) is 25.9. The number of nitrogens with zero attached hydrogens (tertiary/aromatic N) is 1. The number of nitrogens with one attached hydrogen (secondary N) is 3. The summed E-state index contributed by atoms with van der Waals surface area (Å²) in [6, 6.07) is 9.81. The molecule has 4 amide bonds. The summed E-state index contributed by atoms with van der Waals surface area (Å²) < 4.78 is 10.2. The van der Waals surface area contributed by atoms with Gasteiger partial charge in [0.2, 0.25) is 5.91 Å². The van der Waals surface area contributed by atoms with E-state index in [-0.39, 0.29) is 25.1 Å². The maximum absolute atomic E-state index is 13.3. The number of methoxy groups -OCH3 is 1. The lowest BCUT2D eigenvalue weighted by Gasteiger charge is -2.35. The Morgan fingerprint density at radius 3 is 2.69 bits per heavy atom. The molecule has 12 heteroatoms. The number of carbonyl (C=O) groups is 5. The highest BCUT2D eigenvalue weighted by atomic mass is 35.5. The lowest BCUT2D eigenvalue weighted by Crippen LogP contribution is -2.49. The van der Waals surface area contributed by atoms with E-state index < -0.39 is 35.6 Å². The predicted molar refractivity (Wildman–Crippen MR) is 129 cm³/mol. The van der Waals surface area contributed by atoms with Gasteiger partial charge in [-0.05, 0) is 42.5 Å². The standard InChI is InChI=1S/C24H23ClN4O7/c1-35-22(33)26-16-5-2-14(3-6-16)20(31)27-19(8-11-30)21(32)29-10-9-24(13-29)17-12-15(25)4-7-18(17)28-23(34)36-24/h2-7,11-12,19H,8-10,13H2,1H3,(H,26,33)(H,27,31)(H,28,34)/t19-,24-/m0/s1. The highest BCUT2D eigenvalue weighted by Crippen LogP contribution is 2.43. The molecule has 1 spiro atoms. The number of aldehydes is 1. The number of likely N-dealkylation sites (tertiary alicyclic amines) is 1. The molecule has 1 saturated heterocycles. The van der Waals surface area contributed by atoms with Crippen molar-refractivity contribution < 1.29 is 33.4 Å². The summed E-state index contributed by atoms with van der Waals surface area (Å²) in [5.41, 5.74) is 0.756. The van der Waals surface area contributed by atoms with Gasteiger partial charge in [0, 0.05) is 41.2 Å². The van der Waals surface area contributed by atoms with E-state index in [2.05, 4.69) is 20.7 Å². The van der Waals surface area contributed by atoms with Crippen molar-refractivity contribution >= 4 is 53.3 Å². The maximum atomic E-state index is 13.3. The van der Waals surface area contributed by atoms with Crippen molar-refractivity contribution in [1.82, 2.24) is 10.2 Å². The van der Waals surface area contributed by atoms with Crippen molar-refractivity contribution in [3.05, 3.63) is 58.6 Å². The van der Waals surface area contributed by atoms with Gasteiger partial charge in [-0.2, -0.15) is 0 Å². The van der Waals surface area contributed by atoms with Crippen LogP contribution in [0.25, 0.3) is 0 Å². The molecule has 2 aromatic rings. The molecule has 4 rings (SSSR count). The van der Waals surface area contributed by atoms with Gasteiger partial charge in [0.15, 0.2) is 5.60 Å². The smallest absolute Gasteiger partial charge is 0.412 e. The fourth-order valence-corrected chi connectivity index (χ4v) is 4.47. The van der Waals surface area contributed by atoms with E-state index in [0.29, 0.717) is 34.7 Å². The molecule has 3 N–H and O–H groups in total. The molecule has 0 saturated carbocycles. The van der Waals surface area contributed by atoms with Gasteiger partial charge < -0.3 is 24.5 Å². The molecule has 0 unspecified atom stereocenters. The van der Waals surface area contributed by atoms with Crippen LogP contribution in [0, 0.1) is 0 Å². The Hall–Kier alpha value is -4.12. The summed E-state index contributed by atoms with van der Waals surface area (Å²) in [5, 5.41) is 8.15. The molecule has 2 heterocycles. The fourth-order valence-electron chi connectivity index (χ4n) is 4.30. The minimum absolute atomic E-state index is 0.0473. The first-order chi connectivity index (χ1) is 17.2. The monoisotopic (exact) mass is 514 g/mol. The first-order valence-corrected chi connectivity index (χ1v) is 11.4. The summed E-state index contributed by atoms with van der Waals surface area (Å²) in [6.45, 7) is 0.295. The van der Waals surface area contributed by atoms with Crippen molar-refractivity contribution in [3.8, 4) is 0 Å². The third kappa shape index (κ3) is 5.10. The number of benzene rings is 2. The number of hydrogen-bond donors (Lipinski definition) is 3. The van der Waals surface area contributed by atoms with Crippen LogP contribution in [0.5, 0.6) is 0 Å². The zero-order valence-corrected chi connectivity index (χ0v) is 20.0. The minimum atomic E-state index is -1.12. The first-order valence-electron chi connectivity index (χ1n) is 11.0. The van der Waals surface area contributed by atoms with Gasteiger partial charge >= 0.3 is 12.2 Å². The van der Waals surface area contributed by atoms with E-state index in [9.17, 15) is 24.0 Å². The number of carbonyl (C=O) groups excluding carboxylic acids is 5. The van der Waals surface area contributed by atoms with Crippen molar-refractivity contribution in [1.29, 1.82) is 0 Å². The molecule has 0 radical (unpaired) electrons. The largest absolute Gasteiger partial charge is 0.453 e. The SMILES string of the molecule is COC(=O)Nc1ccc(C(=O)N[C@@H](CC=O)C(=O)N2CC[C@@]3(C2)OC(=O)Nc2ccc(Cl)cc23)cc1. The van der Waals surface area contributed by atoms with E-state index in [1.54, 1.807) is 18.2 Å². The van der Waals surface area contributed by atoms with Crippen LogP contribution in [0.15, 0.2) is 42.5 Å². The molecule has 2 aliphatic heterocycles. The van der Waals surface area contributed by atoms with Crippen LogP contribution in [-0.2, 0) is 24.7 Å². The molecule has 36 heavy (non-hydrogen) atoms. The normalized spacial score (nSPS) is 18.9. The van der Waals surface area contributed by atoms with Crippen LogP contribution in [-0.4, -0.2) is 61.4 Å². The van der Waals surface area contributed by atoms with E-state index in [4.69, 9.17) is 16.3 Å². The second-order valence-corrected chi connectivity index (χ2v) is 8.77. The molecule has 0 aromatic heterocycles. The quantitative estimate of drug-likeness (QED) is 0.503. The molecule has 2 atom stereocenters. The second kappa shape index (κ2) is 10.2. The first kappa shape index (κ1) is 25.0. The van der Waals surface area contributed by atoms with Crippen molar-refractivity contribution in [3.63, 3.8) is 0 Å². The van der Waals surface area contributed by atoms with Gasteiger partial charge in [-0.3, -0.25) is 20.2 Å². The molecular formula is C24H23ClN4O7. The molecule has 0 aliphatic carbocycles. The molecule has 1 fully saturated rings. The second-order valence-electron chi connectivity index (χ2n) is 8.33. The summed E-state index contributed by atoms with van der Waals surface area (Å²) in [5.74, 6) is -1.05. The molecule has 0 bridgehead atoms. The molecule has 2 aliphatic rings. The van der Waals surface area contributed by atoms with Crippen LogP contribution in [0.2, 0.25) is 5.02 Å². The summed E-state index contributed by atoms with van der Waals surface area (Å²) in [7, 11) is 1.23. The van der Waals surface area contributed by atoms with E-state index in [1.807, 2.05) is 0 Å². The van der Waals surface area contributed by atoms with Crippen molar-refractivity contribution in [2.24, 2.45) is 0 Å². The van der Waals surface area contributed by atoms with Gasteiger partial charge in [0.1, 0.15) is 12.3 Å². The number of fused-ring (bicyclic) bond motifs is 2. The van der Waals surface area contributed by atoms with Crippen LogP contribution < -0.4 is 16.0 Å². The highest BCUT2D eigenvalue weighted by Gasteiger charge is 2.49. The Balaban J connectivity index is 1.47. The summed E-state index contributed by atoms with van der Waals surface area (Å²) in [4.78, 5) is 62.3. The molecular weight excluding hydrogens is 492 g/mol. The van der Waals surface area contributed by atoms with Crippen LogP contribution in [0.3, 0.4) is 0 Å². The third-order valence-electron chi connectivity index (χ3n) is 6.06. The maximum Gasteiger partial charge on any atom is 0.412 e. The molecule has 2 aromatic carbocycles. The Kier molecular flexibility index (Phi) is 7.11. The minimum Gasteiger partial charge on any atom is -0.453 e. The third-order valence-corrected chi connectivity index (χ3v) is 6.29.